The van der Waals surface area contributed by atoms with Crippen molar-refractivity contribution in [2.24, 2.45) is 5.41 Å². The van der Waals surface area contributed by atoms with E-state index in [0.717, 1.165) is 29.0 Å². The number of aliphatic hydroxyl groups excluding tert-OH is 3. The predicted octanol–water partition coefficient (Wildman–Crippen LogP) is -3.70. The van der Waals surface area contributed by atoms with Crippen LogP contribution in [0.2, 0.25) is 0 Å². The van der Waals surface area contributed by atoms with Gasteiger partial charge in [0.05, 0.1) is 33.5 Å². The maximum atomic E-state index is 12.5. The number of nitrogen functional groups attached to an aromatic ring is 1. The molecule has 1 aliphatic heterocycles. The van der Waals surface area contributed by atoms with Crippen LogP contribution >= 0.6 is 35.2 Å². The monoisotopic (exact) mass is 863 g/mol. The number of anilines is 1. The molecule has 29 heteroatoms. The minimum absolute atomic E-state index is 0.0124. The van der Waals surface area contributed by atoms with E-state index in [0.29, 0.717) is 6.42 Å². The average molecular weight is 864 g/mol. The molecule has 3 heterocycles. The second-order valence-electron chi connectivity index (χ2n) is 12.5. The van der Waals surface area contributed by atoms with Crippen molar-refractivity contribution in [3.63, 3.8) is 0 Å². The van der Waals surface area contributed by atoms with E-state index >= 15 is 0 Å². The van der Waals surface area contributed by atoms with Gasteiger partial charge in [-0.15, -0.1) is 0 Å². The zero-order chi connectivity index (χ0) is 41.4. The van der Waals surface area contributed by atoms with Gasteiger partial charge >= 0.3 is 0 Å². The molecule has 1 fully saturated rings. The van der Waals surface area contributed by atoms with Crippen LogP contribution in [0.4, 0.5) is 5.82 Å². The summed E-state index contributed by atoms with van der Waals surface area (Å²) in [4.78, 5) is 95.6. The van der Waals surface area contributed by atoms with E-state index in [2.05, 4.69) is 43.5 Å². The molecule has 8 atom stereocenters. The number of nitrogens with two attached hydrogens (primary N) is 1. The van der Waals surface area contributed by atoms with Crippen LogP contribution in [0.3, 0.4) is 0 Å². The van der Waals surface area contributed by atoms with E-state index in [-0.39, 0.29) is 53.8 Å². The van der Waals surface area contributed by atoms with Gasteiger partial charge in [0.15, 0.2) is 22.8 Å². The highest BCUT2D eigenvalue weighted by Crippen LogP contribution is 2.56. The van der Waals surface area contributed by atoms with Gasteiger partial charge in [0.25, 0.3) is 15.6 Å². The largest absolute Gasteiger partial charge is 0.790 e. The third-order valence-electron chi connectivity index (χ3n) is 7.61. The number of imidazole rings is 1. The summed E-state index contributed by atoms with van der Waals surface area (Å²) < 4.78 is 60.4. The number of hydrogen-bond donors (Lipinski definition) is 6. The zero-order valence-corrected chi connectivity index (χ0v) is 32.9. The molecule has 2 aromatic heterocycles. The third kappa shape index (κ3) is 14.4. The van der Waals surface area contributed by atoms with Crippen molar-refractivity contribution in [1.29, 1.82) is 0 Å². The molecule has 2 amide bonds. The van der Waals surface area contributed by atoms with E-state index in [4.69, 9.17) is 10.5 Å². The van der Waals surface area contributed by atoms with Crippen molar-refractivity contribution in [2.75, 3.05) is 37.8 Å². The zero-order valence-electron chi connectivity index (χ0n) is 29.4. The molecule has 55 heavy (non-hydrogen) atoms. The van der Waals surface area contributed by atoms with Gasteiger partial charge in [0.1, 0.15) is 36.3 Å². The molecule has 2 unspecified atom stereocenters. The quantitative estimate of drug-likeness (QED) is 0.0490. The Morgan fingerprint density at radius 2 is 1.75 bits per heavy atom. The fourth-order valence-electron chi connectivity index (χ4n) is 4.67. The lowest BCUT2D eigenvalue weighted by molar-refractivity contribution is -0.347. The van der Waals surface area contributed by atoms with Crippen LogP contribution in [0.1, 0.15) is 46.3 Å². The molecule has 1 aliphatic rings. The normalized spacial score (nSPS) is 22.4. The number of hydrogen-bond acceptors (Lipinski definition) is 23. The van der Waals surface area contributed by atoms with Gasteiger partial charge in [0.2, 0.25) is 11.8 Å². The van der Waals surface area contributed by atoms with Crippen molar-refractivity contribution in [3.05, 3.63) is 12.7 Å². The molecule has 0 bridgehead atoms. The smallest absolute Gasteiger partial charge is 0.274 e. The first-order valence-electron chi connectivity index (χ1n) is 16.1. The Morgan fingerprint density at radius 1 is 1.07 bits per heavy atom. The van der Waals surface area contributed by atoms with Crippen molar-refractivity contribution < 1.29 is 85.6 Å². The number of amides is 2. The Bertz CT molecular complexity index is 1800. The summed E-state index contributed by atoms with van der Waals surface area (Å²) in [6, 6.07) is 0. The Hall–Kier alpha value is -2.48. The molecule has 0 radical (unpaired) electrons. The fourth-order valence-corrected chi connectivity index (χ4v) is 8.15. The van der Waals surface area contributed by atoms with Gasteiger partial charge in [-0.05, 0) is 6.42 Å². The second kappa shape index (κ2) is 19.8. The lowest BCUT2D eigenvalue weighted by atomic mass is 9.87. The number of nitrogens with zero attached hydrogens (tertiary/aromatic N) is 4. The second-order valence-corrected chi connectivity index (χ2v) is 17.7. The average Bonchev–Trinajstić information content (AvgIpc) is 3.64. The van der Waals surface area contributed by atoms with Crippen molar-refractivity contribution >= 4 is 69.1 Å². The summed E-state index contributed by atoms with van der Waals surface area (Å²) >= 11 is 0.942. The Morgan fingerprint density at radius 3 is 2.40 bits per heavy atom. The van der Waals surface area contributed by atoms with E-state index in [9.17, 15) is 63.0 Å². The lowest BCUT2D eigenvalue weighted by Gasteiger charge is -2.36. The number of phosphoric acid groups is 3. The van der Waals surface area contributed by atoms with Crippen LogP contribution in [0.5, 0.6) is 0 Å². The summed E-state index contributed by atoms with van der Waals surface area (Å²) in [7, 11) is -17.6. The molecule has 2 aromatic rings. The maximum Gasteiger partial charge on any atom is 0.274 e. The number of aromatic nitrogens is 4. The number of rotatable bonds is 22. The highest BCUT2D eigenvalue weighted by Gasteiger charge is 2.47. The topological polar surface area (TPSA) is 395 Å². The third-order valence-corrected chi connectivity index (χ3v) is 11.5. The summed E-state index contributed by atoms with van der Waals surface area (Å²) in [6.07, 6.45) is -7.98. The highest BCUT2D eigenvalue weighted by atomic mass is 32.2. The van der Waals surface area contributed by atoms with Gasteiger partial charge < -0.3 is 74.1 Å². The Balaban J connectivity index is 1.49. The van der Waals surface area contributed by atoms with Crippen LogP contribution in [-0.4, -0.2) is 114 Å². The van der Waals surface area contributed by atoms with Gasteiger partial charge in [-0.3, -0.25) is 28.1 Å². The molecule has 1 saturated heterocycles. The van der Waals surface area contributed by atoms with E-state index in [1.807, 2.05) is 0 Å². The number of aliphatic hydroxyl groups is 3. The number of thioether (sulfide) groups is 1. The van der Waals surface area contributed by atoms with Crippen LogP contribution in [0, 0.1) is 5.41 Å². The predicted molar refractivity (Wildman–Crippen MR) is 179 cm³/mol. The molecule has 3 rings (SSSR count). The molecule has 7 N–H and O–H groups in total. The van der Waals surface area contributed by atoms with Gasteiger partial charge in [-0.1, -0.05) is 32.5 Å². The highest BCUT2D eigenvalue weighted by molar-refractivity contribution is 8.13. The van der Waals surface area contributed by atoms with E-state index < -0.39 is 90.7 Å². The lowest BCUT2D eigenvalue weighted by Crippen LogP contribution is -2.46. The summed E-state index contributed by atoms with van der Waals surface area (Å²) in [5.74, 6) is -1.35. The summed E-state index contributed by atoms with van der Waals surface area (Å²) in [5.41, 5.74) is 4.04. The van der Waals surface area contributed by atoms with E-state index in [1.165, 1.54) is 13.8 Å². The minimum Gasteiger partial charge on any atom is -0.790 e. The summed E-state index contributed by atoms with van der Waals surface area (Å²) in [6.45, 7) is 1.70. The number of carbonyl (C=O) groups excluding carboxylic acids is 3. The van der Waals surface area contributed by atoms with E-state index in [1.54, 1.807) is 6.92 Å². The number of carbonyl (C=O) groups is 3. The van der Waals surface area contributed by atoms with Crippen molar-refractivity contribution in [2.45, 2.75) is 76.8 Å². The van der Waals surface area contributed by atoms with Gasteiger partial charge in [-0.25, -0.2) is 19.3 Å². The molecule has 0 spiro atoms. The molecule has 0 saturated carbocycles. The first-order chi connectivity index (χ1) is 25.4. The summed E-state index contributed by atoms with van der Waals surface area (Å²) in [5, 5.41) is 35.3. The molecule has 0 aliphatic carbocycles. The Kier molecular flexibility index (Phi) is 16.9. The number of fused-ring (bicyclic) bond motifs is 1. The van der Waals surface area contributed by atoms with Crippen LogP contribution in [0.15, 0.2) is 12.7 Å². The van der Waals surface area contributed by atoms with Crippen LogP contribution < -0.4 is 35.9 Å². The fraction of sp³-hybridized carbons (Fsp3) is 0.692. The Labute approximate surface area is 317 Å². The maximum absolute atomic E-state index is 12.5. The SMILES string of the molecule is CC[C@H](O)CC(=O)SCCNC(=O)CCNC(=O)[C@H](O)C(C)(C)COP(=O)([O-])OP(=O)([O-])OC[C@H]1O[C@@H](n2cnc3c(N)ncnc32)[C@H](O)[C@@H]1OP(=O)([O-])[O-]. The first kappa shape index (κ1) is 46.9. The first-order valence-corrected chi connectivity index (χ1v) is 21.5. The van der Waals surface area contributed by atoms with Gasteiger partial charge in [-0.2, -0.15) is 0 Å². The molecule has 312 valence electrons. The van der Waals surface area contributed by atoms with Crippen LogP contribution in [0.25, 0.3) is 11.2 Å². The molecular weight excluding hydrogens is 823 g/mol. The van der Waals surface area contributed by atoms with Crippen molar-refractivity contribution in [1.82, 2.24) is 30.2 Å². The number of nitrogens with one attached hydrogen (secondary N) is 2. The number of phosphoric ester groups is 3. The van der Waals surface area contributed by atoms with Crippen molar-refractivity contribution in [3.8, 4) is 0 Å². The molecule has 0 aromatic carbocycles. The van der Waals surface area contributed by atoms with Gasteiger partial charge in [0, 0.05) is 37.1 Å². The molecular formula is C26H40N7O18P3S-4. The standard InChI is InChI=1S/C26H44N7O18P3S/c1-4-14(34)9-17(36)55-8-7-28-16(35)5-6-29-24(39)21(38)26(2,3)11-48-54(45,46)51-53(43,44)47-10-15-20(50-52(40,41)42)19(37)25(49-15)33-13-32-18-22(27)30-12-31-23(18)33/h12-15,19-21,25,34,37-38H,4-11H2,1-3H3,(H,28,35)(H,29,39)(H,43,44)(H,45,46)(H2,27,30,31)(H2,40,41,42)/p-4/t14-,15+,19+,20+,21-,25+/m0/s1. The number of ether oxygens (including phenoxy) is 1. The van der Waals surface area contributed by atoms with Crippen LogP contribution in [-0.2, 0) is 50.7 Å². The minimum atomic E-state index is -5.92. The molecule has 25 nitrogen and oxygen atoms in total.